The van der Waals surface area contributed by atoms with Crippen LogP contribution < -0.4 is 14.8 Å². The fourth-order valence-electron chi connectivity index (χ4n) is 2.53. The molecule has 1 N–H and O–H groups in total. The predicted molar refractivity (Wildman–Crippen MR) is 101 cm³/mol. The zero-order valence-corrected chi connectivity index (χ0v) is 15.5. The van der Waals surface area contributed by atoms with Crippen LogP contribution in [0.25, 0.3) is 0 Å². The summed E-state index contributed by atoms with van der Waals surface area (Å²) in [7, 11) is 3.03. The number of hydrogen-bond acceptors (Lipinski definition) is 7. The van der Waals surface area contributed by atoms with Crippen molar-refractivity contribution in [2.45, 2.75) is 12.8 Å². The number of esters is 1. The molecule has 2 rings (SSSR count). The summed E-state index contributed by atoms with van der Waals surface area (Å²) in [5.74, 6) is -0.159. The van der Waals surface area contributed by atoms with Gasteiger partial charge < -0.3 is 19.5 Å². The highest BCUT2D eigenvalue weighted by atomic mass is 16.6. The first-order valence-electron chi connectivity index (χ1n) is 8.35. The first-order valence-corrected chi connectivity index (χ1v) is 8.35. The fourth-order valence-corrected chi connectivity index (χ4v) is 2.53. The maximum atomic E-state index is 11.9. The Kier molecular flexibility index (Phi) is 7.32. The van der Waals surface area contributed by atoms with Gasteiger partial charge in [-0.2, -0.15) is 0 Å². The lowest BCUT2D eigenvalue weighted by atomic mass is 10.1. The molecule has 9 nitrogen and oxygen atoms in total. The second-order valence-electron chi connectivity index (χ2n) is 5.64. The van der Waals surface area contributed by atoms with Crippen molar-refractivity contribution in [2.75, 3.05) is 26.1 Å². The number of amides is 1. The first kappa shape index (κ1) is 20.7. The van der Waals surface area contributed by atoms with Crippen LogP contribution in [-0.4, -0.2) is 37.6 Å². The summed E-state index contributed by atoms with van der Waals surface area (Å²) in [6, 6.07) is 11.0. The van der Waals surface area contributed by atoms with E-state index in [0.29, 0.717) is 17.9 Å². The summed E-state index contributed by atoms with van der Waals surface area (Å²) >= 11 is 0. The van der Waals surface area contributed by atoms with Crippen LogP contribution >= 0.6 is 0 Å². The molecule has 0 radical (unpaired) electrons. The number of nitrogens with one attached hydrogen (secondary N) is 1. The van der Waals surface area contributed by atoms with E-state index in [9.17, 15) is 19.7 Å². The summed E-state index contributed by atoms with van der Waals surface area (Å²) in [6.07, 6.45) is 0.368. The smallest absolute Gasteiger partial charge is 0.306 e. The zero-order valence-electron chi connectivity index (χ0n) is 15.5. The van der Waals surface area contributed by atoms with Gasteiger partial charge in [-0.25, -0.2) is 0 Å². The maximum absolute atomic E-state index is 11.9. The molecule has 0 unspecified atom stereocenters. The highest BCUT2D eigenvalue weighted by Gasteiger charge is 2.16. The Morgan fingerprint density at radius 2 is 1.82 bits per heavy atom. The lowest BCUT2D eigenvalue weighted by molar-refractivity contribution is -0.383. The summed E-state index contributed by atoms with van der Waals surface area (Å²) in [6.45, 7) is -0.542. The van der Waals surface area contributed by atoms with Crippen molar-refractivity contribution in [1.82, 2.24) is 0 Å². The Balaban J connectivity index is 1.86. The molecule has 2 aromatic rings. The van der Waals surface area contributed by atoms with E-state index in [-0.39, 0.29) is 17.8 Å². The molecular formula is C19H20N2O7. The molecule has 28 heavy (non-hydrogen) atoms. The fraction of sp³-hybridized carbons (Fsp3) is 0.263. The van der Waals surface area contributed by atoms with Gasteiger partial charge in [-0.1, -0.05) is 24.3 Å². The number of ether oxygens (including phenoxy) is 3. The van der Waals surface area contributed by atoms with Crippen molar-refractivity contribution < 1.29 is 28.7 Å². The van der Waals surface area contributed by atoms with Gasteiger partial charge in [0.2, 0.25) is 0 Å². The minimum absolute atomic E-state index is 0.0301. The number of benzene rings is 2. The molecule has 0 aliphatic carbocycles. The minimum Gasteiger partial charge on any atom is -0.493 e. The molecule has 0 spiro atoms. The van der Waals surface area contributed by atoms with Crippen molar-refractivity contribution >= 4 is 23.3 Å². The highest BCUT2D eigenvalue weighted by Crippen LogP contribution is 2.31. The molecule has 2 aromatic carbocycles. The Morgan fingerprint density at radius 1 is 1.07 bits per heavy atom. The average molecular weight is 388 g/mol. The number of nitro benzene ring substituents is 1. The van der Waals surface area contributed by atoms with Crippen molar-refractivity contribution in [3.8, 4) is 11.5 Å². The third-order valence-corrected chi connectivity index (χ3v) is 3.82. The minimum atomic E-state index is -0.665. The maximum Gasteiger partial charge on any atom is 0.306 e. The lowest BCUT2D eigenvalue weighted by Crippen LogP contribution is -2.21. The van der Waals surface area contributed by atoms with Crippen LogP contribution in [0.2, 0.25) is 0 Å². The van der Waals surface area contributed by atoms with Gasteiger partial charge in [0.1, 0.15) is 5.69 Å². The molecule has 0 fully saturated rings. The molecule has 9 heteroatoms. The topological polar surface area (TPSA) is 117 Å². The third kappa shape index (κ3) is 5.44. The molecule has 0 bridgehead atoms. The third-order valence-electron chi connectivity index (χ3n) is 3.82. The van der Waals surface area contributed by atoms with Gasteiger partial charge in [0.25, 0.3) is 11.6 Å². The molecule has 0 atom stereocenters. The van der Waals surface area contributed by atoms with E-state index in [4.69, 9.17) is 14.2 Å². The lowest BCUT2D eigenvalue weighted by Gasteiger charge is -2.12. The Morgan fingerprint density at radius 3 is 2.50 bits per heavy atom. The van der Waals surface area contributed by atoms with Crippen LogP contribution in [0.3, 0.4) is 0 Å². The Hall–Kier alpha value is -3.62. The number of rotatable bonds is 9. The quantitative estimate of drug-likeness (QED) is 0.399. The van der Waals surface area contributed by atoms with E-state index < -0.39 is 23.4 Å². The second-order valence-corrected chi connectivity index (χ2v) is 5.64. The highest BCUT2D eigenvalue weighted by molar-refractivity contribution is 5.94. The largest absolute Gasteiger partial charge is 0.493 e. The van der Waals surface area contributed by atoms with E-state index in [2.05, 4.69) is 5.32 Å². The van der Waals surface area contributed by atoms with Crippen LogP contribution in [0.1, 0.15) is 12.0 Å². The van der Waals surface area contributed by atoms with Crippen LogP contribution in [0.15, 0.2) is 42.5 Å². The number of methoxy groups -OCH3 is 2. The van der Waals surface area contributed by atoms with Crippen molar-refractivity contribution in [1.29, 1.82) is 0 Å². The van der Waals surface area contributed by atoms with E-state index >= 15 is 0 Å². The molecule has 0 aliphatic heterocycles. The molecule has 148 valence electrons. The molecule has 0 saturated carbocycles. The monoisotopic (exact) mass is 388 g/mol. The number of aryl methyl sites for hydroxylation is 1. The second kappa shape index (κ2) is 9.91. The molecule has 0 aliphatic rings. The number of nitrogens with zero attached hydrogens (tertiary/aromatic N) is 1. The van der Waals surface area contributed by atoms with Crippen molar-refractivity contribution in [3.05, 3.63) is 58.1 Å². The number of nitro groups is 1. The summed E-state index contributed by atoms with van der Waals surface area (Å²) in [5, 5.41) is 13.3. The molecule has 0 heterocycles. The average Bonchev–Trinajstić information content (AvgIpc) is 2.70. The summed E-state index contributed by atoms with van der Waals surface area (Å²) in [5.41, 5.74) is 0.560. The van der Waals surface area contributed by atoms with E-state index in [1.165, 1.54) is 32.4 Å². The molecular weight excluding hydrogens is 368 g/mol. The number of hydrogen-bond donors (Lipinski definition) is 1. The molecule has 0 saturated heterocycles. The number of anilines is 1. The first-order chi connectivity index (χ1) is 13.5. The summed E-state index contributed by atoms with van der Waals surface area (Å²) < 4.78 is 15.4. The van der Waals surface area contributed by atoms with Crippen LogP contribution in [-0.2, 0) is 20.7 Å². The van der Waals surface area contributed by atoms with Gasteiger partial charge in [0.05, 0.1) is 19.1 Å². The molecule has 0 aromatic heterocycles. The van der Waals surface area contributed by atoms with Gasteiger partial charge in [-0.3, -0.25) is 19.7 Å². The Bertz CT molecular complexity index is 867. The normalized spacial score (nSPS) is 10.1. The van der Waals surface area contributed by atoms with Crippen LogP contribution in [0.4, 0.5) is 11.4 Å². The predicted octanol–water partition coefficient (Wildman–Crippen LogP) is 2.73. The van der Waals surface area contributed by atoms with Gasteiger partial charge >= 0.3 is 5.97 Å². The SMILES string of the molecule is COc1cccc(CCC(=O)OCC(=O)Nc2ccccc2[N+](=O)[O-])c1OC. The van der Waals surface area contributed by atoms with Gasteiger partial charge in [-0.15, -0.1) is 0 Å². The van der Waals surface area contributed by atoms with E-state index in [1.807, 2.05) is 0 Å². The Labute approximate surface area is 161 Å². The molecule has 1 amide bonds. The van der Waals surface area contributed by atoms with Crippen LogP contribution in [0.5, 0.6) is 11.5 Å². The van der Waals surface area contributed by atoms with Gasteiger partial charge in [-0.05, 0) is 24.1 Å². The van der Waals surface area contributed by atoms with Crippen molar-refractivity contribution in [2.24, 2.45) is 0 Å². The van der Waals surface area contributed by atoms with Gasteiger partial charge in [0, 0.05) is 12.5 Å². The van der Waals surface area contributed by atoms with E-state index in [1.54, 1.807) is 24.3 Å². The van der Waals surface area contributed by atoms with E-state index in [0.717, 1.165) is 5.56 Å². The standard InChI is InChI=1S/C19H20N2O7/c1-26-16-9-5-6-13(19(16)27-2)10-11-18(23)28-12-17(22)20-14-7-3-4-8-15(14)21(24)25/h3-9H,10-12H2,1-2H3,(H,20,22). The zero-order chi connectivity index (χ0) is 20.5. The summed E-state index contributed by atoms with van der Waals surface area (Å²) in [4.78, 5) is 34.2. The van der Waals surface area contributed by atoms with Gasteiger partial charge in [0.15, 0.2) is 18.1 Å². The van der Waals surface area contributed by atoms with Crippen LogP contribution in [0, 0.1) is 10.1 Å². The number of para-hydroxylation sites is 3. The van der Waals surface area contributed by atoms with Crippen molar-refractivity contribution in [3.63, 3.8) is 0 Å². The number of carbonyl (C=O) groups excluding carboxylic acids is 2. The number of carbonyl (C=O) groups is 2.